The van der Waals surface area contributed by atoms with Gasteiger partial charge in [0.1, 0.15) is 5.82 Å². The predicted octanol–water partition coefficient (Wildman–Crippen LogP) is 6.50. The van der Waals surface area contributed by atoms with Gasteiger partial charge in [-0.2, -0.15) is 5.10 Å². The number of hydrogen-bond donors (Lipinski definition) is 1. The Morgan fingerprint density at radius 1 is 1.09 bits per heavy atom. The molecule has 1 N–H and O–H groups in total. The molecule has 0 radical (unpaired) electrons. The summed E-state index contributed by atoms with van der Waals surface area (Å²) in [7, 11) is 2.21. The van der Waals surface area contributed by atoms with Crippen LogP contribution in [0.4, 0.5) is 5.69 Å². The van der Waals surface area contributed by atoms with E-state index < -0.39 is 0 Å². The first-order valence-corrected chi connectivity index (χ1v) is 12.7. The molecule has 1 unspecified atom stereocenters. The lowest BCUT2D eigenvalue weighted by molar-refractivity contribution is 0.200. The number of pyridine rings is 1. The normalized spacial score (nSPS) is 22.8. The molecule has 182 valence electrons. The average Bonchev–Trinajstić information content (AvgIpc) is 3.36. The third kappa shape index (κ3) is 7.10. The molecule has 5 heteroatoms. The zero-order valence-electron chi connectivity index (χ0n) is 21.7. The molecule has 2 aliphatic heterocycles. The first kappa shape index (κ1) is 25.4. The molecular formula is C28H45N5. The largest absolute Gasteiger partial charge is 0.346 e. The van der Waals surface area contributed by atoms with Crippen LogP contribution < -0.4 is 10.2 Å². The Hall–Kier alpha value is -2.27. The fourth-order valence-corrected chi connectivity index (χ4v) is 4.84. The quantitative estimate of drug-likeness (QED) is 0.536. The van der Waals surface area contributed by atoms with E-state index in [2.05, 4.69) is 80.2 Å². The molecule has 1 saturated carbocycles. The molecule has 33 heavy (non-hydrogen) atoms. The molecule has 0 amide bonds. The molecule has 2 saturated heterocycles. The lowest BCUT2D eigenvalue weighted by atomic mass is 9.92. The van der Waals surface area contributed by atoms with Gasteiger partial charge in [-0.1, -0.05) is 46.3 Å². The Kier molecular flexibility index (Phi) is 8.63. The zero-order valence-corrected chi connectivity index (χ0v) is 21.7. The second-order valence-corrected chi connectivity index (χ2v) is 10.8. The Labute approximate surface area is 201 Å². The summed E-state index contributed by atoms with van der Waals surface area (Å²) >= 11 is 0. The summed E-state index contributed by atoms with van der Waals surface area (Å²) in [5.41, 5.74) is 5.13. The number of piperidine rings is 1. The van der Waals surface area contributed by atoms with Crippen LogP contribution in [0, 0.1) is 12.3 Å². The van der Waals surface area contributed by atoms with Crippen LogP contribution in [0.5, 0.6) is 0 Å². The van der Waals surface area contributed by atoms with Gasteiger partial charge in [0.2, 0.25) is 0 Å². The number of nitrogens with one attached hydrogen (secondary N) is 1. The van der Waals surface area contributed by atoms with Crippen LogP contribution >= 0.6 is 0 Å². The molecule has 2 aromatic heterocycles. The second-order valence-electron chi connectivity index (χ2n) is 10.8. The van der Waals surface area contributed by atoms with Gasteiger partial charge in [0.05, 0.1) is 17.4 Å². The minimum absolute atomic E-state index is 0.694. The lowest BCUT2D eigenvalue weighted by Gasteiger charge is -2.32. The first-order valence-electron chi connectivity index (χ1n) is 12.7. The topological polar surface area (TPSA) is 35.8 Å². The predicted molar refractivity (Wildman–Crippen MR) is 141 cm³/mol. The van der Waals surface area contributed by atoms with Gasteiger partial charge >= 0.3 is 0 Å². The summed E-state index contributed by atoms with van der Waals surface area (Å²) in [4.78, 5) is 4.58. The van der Waals surface area contributed by atoms with Crippen LogP contribution in [-0.4, -0.2) is 40.7 Å². The van der Waals surface area contributed by atoms with Crippen LogP contribution in [0.15, 0.2) is 49.2 Å². The Morgan fingerprint density at radius 3 is 2.36 bits per heavy atom. The second kappa shape index (κ2) is 11.2. The van der Waals surface area contributed by atoms with E-state index in [1.807, 2.05) is 16.9 Å². The summed E-state index contributed by atoms with van der Waals surface area (Å²) < 4.78 is 1.89. The SMILES string of the molecule is C=C1CCN(c2cnn3ccc(C)cc23)C(=C)N1.CC1(C)CCCC1.CC1CCCCN1C. The van der Waals surface area contributed by atoms with Crippen molar-refractivity contribution < 1.29 is 0 Å². The van der Waals surface area contributed by atoms with Crippen LogP contribution in [0.2, 0.25) is 0 Å². The van der Waals surface area contributed by atoms with Crippen LogP contribution in [0.1, 0.15) is 77.7 Å². The molecule has 3 fully saturated rings. The monoisotopic (exact) mass is 451 g/mol. The molecule has 4 heterocycles. The Bertz CT molecular complexity index is 923. The maximum atomic E-state index is 4.37. The fourth-order valence-electron chi connectivity index (χ4n) is 4.84. The van der Waals surface area contributed by atoms with Crippen molar-refractivity contribution in [3.05, 3.63) is 54.8 Å². The van der Waals surface area contributed by atoms with Crippen LogP contribution in [0.3, 0.4) is 0 Å². The summed E-state index contributed by atoms with van der Waals surface area (Å²) in [6.45, 7) is 19.3. The molecule has 1 atom stereocenters. The number of anilines is 1. The third-order valence-electron chi connectivity index (χ3n) is 7.32. The molecule has 0 aromatic carbocycles. The van der Waals surface area contributed by atoms with Crippen LogP contribution in [0.25, 0.3) is 5.52 Å². The average molecular weight is 452 g/mol. The highest BCUT2D eigenvalue weighted by atomic mass is 15.3. The van der Waals surface area contributed by atoms with E-state index in [1.54, 1.807) is 0 Å². The Balaban J connectivity index is 0.000000168. The summed E-state index contributed by atoms with van der Waals surface area (Å²) in [5.74, 6) is 0.864. The highest BCUT2D eigenvalue weighted by Crippen LogP contribution is 2.36. The van der Waals surface area contributed by atoms with Gasteiger partial charge in [0, 0.05) is 30.9 Å². The van der Waals surface area contributed by atoms with Crippen molar-refractivity contribution in [3.8, 4) is 0 Å². The minimum Gasteiger partial charge on any atom is -0.346 e. The van der Waals surface area contributed by atoms with Crippen molar-refractivity contribution in [1.82, 2.24) is 19.8 Å². The molecule has 5 nitrogen and oxygen atoms in total. The van der Waals surface area contributed by atoms with Gasteiger partial charge in [-0.3, -0.25) is 0 Å². The number of rotatable bonds is 1. The summed E-state index contributed by atoms with van der Waals surface area (Å²) in [6.07, 6.45) is 14.9. The minimum atomic E-state index is 0.694. The molecule has 0 spiro atoms. The van der Waals surface area contributed by atoms with Crippen molar-refractivity contribution in [2.45, 2.75) is 85.1 Å². The maximum Gasteiger partial charge on any atom is 0.103 e. The molecular weight excluding hydrogens is 406 g/mol. The first-order chi connectivity index (χ1) is 15.7. The van der Waals surface area contributed by atoms with Gasteiger partial charge < -0.3 is 15.1 Å². The molecule has 0 bridgehead atoms. The van der Waals surface area contributed by atoms with Crippen molar-refractivity contribution >= 4 is 11.2 Å². The highest BCUT2D eigenvalue weighted by molar-refractivity contribution is 5.75. The van der Waals surface area contributed by atoms with E-state index in [-0.39, 0.29) is 0 Å². The fraction of sp³-hybridized carbons (Fsp3) is 0.607. The van der Waals surface area contributed by atoms with Crippen molar-refractivity contribution in [2.75, 3.05) is 25.0 Å². The lowest BCUT2D eigenvalue weighted by Crippen LogP contribution is -2.37. The molecule has 3 aliphatic rings. The van der Waals surface area contributed by atoms with Gasteiger partial charge in [0.15, 0.2) is 0 Å². The highest BCUT2D eigenvalue weighted by Gasteiger charge is 2.22. The molecule has 2 aromatic rings. The van der Waals surface area contributed by atoms with E-state index >= 15 is 0 Å². The van der Waals surface area contributed by atoms with Gasteiger partial charge in [0.25, 0.3) is 0 Å². The van der Waals surface area contributed by atoms with E-state index in [0.717, 1.165) is 41.7 Å². The molecule has 1 aliphatic carbocycles. The number of aromatic nitrogens is 2. The maximum absolute atomic E-state index is 4.37. The molecule has 5 rings (SSSR count). The van der Waals surface area contributed by atoms with Crippen molar-refractivity contribution in [2.24, 2.45) is 5.41 Å². The summed E-state index contributed by atoms with van der Waals surface area (Å²) in [5, 5.41) is 7.57. The van der Waals surface area contributed by atoms with E-state index in [0.29, 0.717) is 5.41 Å². The third-order valence-corrected chi connectivity index (χ3v) is 7.32. The zero-order chi connectivity index (χ0) is 24.0. The Morgan fingerprint density at radius 2 is 1.82 bits per heavy atom. The standard InChI is InChI=1S/C14H16N4.C7H15N.C7H14/c1-10-4-7-18-13(8-10)14(9-15-18)17-6-5-11(2)16-12(17)3;1-7-5-3-4-6-8(7)2;1-7(2)5-3-4-6-7/h4,7-9,16H,2-3,5-6H2,1H3;7H,3-6H2,1-2H3;3-6H2,1-2H3. The van der Waals surface area contributed by atoms with Crippen LogP contribution in [-0.2, 0) is 0 Å². The number of hydrogen-bond acceptors (Lipinski definition) is 4. The van der Waals surface area contributed by atoms with Crippen molar-refractivity contribution in [1.29, 1.82) is 0 Å². The van der Waals surface area contributed by atoms with Gasteiger partial charge in [-0.15, -0.1) is 0 Å². The number of likely N-dealkylation sites (tertiary alicyclic amines) is 1. The van der Waals surface area contributed by atoms with E-state index in [4.69, 9.17) is 0 Å². The van der Waals surface area contributed by atoms with E-state index in [1.165, 1.54) is 57.1 Å². The number of aryl methyl sites for hydroxylation is 1. The van der Waals surface area contributed by atoms with E-state index in [9.17, 15) is 0 Å². The number of fused-ring (bicyclic) bond motifs is 1. The van der Waals surface area contributed by atoms with Gasteiger partial charge in [-0.25, -0.2) is 4.52 Å². The smallest absolute Gasteiger partial charge is 0.103 e. The van der Waals surface area contributed by atoms with Crippen molar-refractivity contribution in [3.63, 3.8) is 0 Å². The number of nitrogens with zero attached hydrogens (tertiary/aromatic N) is 4. The summed E-state index contributed by atoms with van der Waals surface area (Å²) in [6, 6.07) is 5.03. The van der Waals surface area contributed by atoms with Gasteiger partial charge in [-0.05, 0) is 76.2 Å².